The molecule has 516 valence electrons. The molecule has 5 atom stereocenters. The number of phosphoric ester groups is 2. The number of hydrogen-bond acceptors (Lipinski definition) is 15. The Morgan fingerprint density at radius 2 is 0.460 bits per heavy atom. The highest BCUT2D eigenvalue weighted by molar-refractivity contribution is 7.47. The van der Waals surface area contributed by atoms with Gasteiger partial charge >= 0.3 is 39.5 Å². The van der Waals surface area contributed by atoms with Gasteiger partial charge in [-0.3, -0.25) is 37.3 Å². The third-order valence-corrected chi connectivity index (χ3v) is 17.8. The first kappa shape index (κ1) is 85.1. The van der Waals surface area contributed by atoms with Crippen molar-refractivity contribution >= 4 is 39.5 Å². The van der Waals surface area contributed by atoms with Crippen molar-refractivity contribution in [2.24, 2.45) is 0 Å². The van der Waals surface area contributed by atoms with E-state index in [1.165, 1.54) is 186 Å². The fourth-order valence-electron chi connectivity index (χ4n) is 10.3. The molecule has 0 heterocycles. The molecule has 0 saturated carbocycles. The van der Waals surface area contributed by atoms with E-state index >= 15 is 0 Å². The molecule has 0 radical (unpaired) electrons. The molecular weight excluding hydrogens is 1150 g/mol. The van der Waals surface area contributed by atoms with E-state index in [0.29, 0.717) is 25.7 Å². The van der Waals surface area contributed by atoms with Gasteiger partial charge in [0, 0.05) is 25.7 Å². The molecule has 3 N–H and O–H groups in total. The quantitative estimate of drug-likeness (QED) is 0.0222. The molecule has 0 aromatic carbocycles. The molecule has 2 unspecified atom stereocenters. The van der Waals surface area contributed by atoms with Crippen LogP contribution in [-0.2, 0) is 65.4 Å². The standard InChI is InChI=1S/C68H132O17P2/c1-5-9-13-17-21-25-28-29-30-31-32-33-35-39-43-47-51-55-68(73)85-64(59-79-66(71)53-49-45-41-38-34-26-22-18-14-10-6-2)61-83-87(76,77)81-57-62(69)56-80-86(74,75)82-60-63(58-78-65(70)52-48-44-40-36-24-20-16-12-8-4)84-67(72)54-50-46-42-37-27-23-19-15-11-7-3/h62-64,69H,5-61H2,1-4H3,(H,74,75)(H,76,77)/t62-,63+,64+/m0/s1. The van der Waals surface area contributed by atoms with E-state index < -0.39 is 97.5 Å². The third kappa shape index (κ3) is 62.6. The van der Waals surface area contributed by atoms with E-state index in [1.54, 1.807) is 0 Å². The van der Waals surface area contributed by atoms with Crippen LogP contribution >= 0.6 is 15.6 Å². The fraction of sp³-hybridized carbons (Fsp3) is 0.941. The van der Waals surface area contributed by atoms with Crippen LogP contribution in [0.25, 0.3) is 0 Å². The summed E-state index contributed by atoms with van der Waals surface area (Å²) in [6.07, 6.45) is 49.9. The minimum Gasteiger partial charge on any atom is -0.462 e. The largest absolute Gasteiger partial charge is 0.472 e. The van der Waals surface area contributed by atoms with Gasteiger partial charge in [0.1, 0.15) is 19.3 Å². The monoisotopic (exact) mass is 1280 g/mol. The van der Waals surface area contributed by atoms with Gasteiger partial charge in [-0.05, 0) is 25.7 Å². The van der Waals surface area contributed by atoms with Gasteiger partial charge in [-0.1, -0.05) is 304 Å². The average Bonchev–Trinajstić information content (AvgIpc) is 3.71. The molecule has 0 aliphatic carbocycles. The highest BCUT2D eigenvalue weighted by Crippen LogP contribution is 2.45. The van der Waals surface area contributed by atoms with Crippen LogP contribution in [0.2, 0.25) is 0 Å². The van der Waals surface area contributed by atoms with Gasteiger partial charge in [-0.15, -0.1) is 0 Å². The molecule has 0 aliphatic heterocycles. The van der Waals surface area contributed by atoms with Gasteiger partial charge in [-0.25, -0.2) is 9.13 Å². The third-order valence-electron chi connectivity index (χ3n) is 15.9. The summed E-state index contributed by atoms with van der Waals surface area (Å²) in [5.74, 6) is -2.12. The predicted octanol–water partition coefficient (Wildman–Crippen LogP) is 19.5. The Hall–Kier alpha value is -1.94. The Balaban J connectivity index is 5.20. The number of aliphatic hydroxyl groups is 1. The van der Waals surface area contributed by atoms with E-state index in [0.717, 1.165) is 89.9 Å². The van der Waals surface area contributed by atoms with Crippen LogP contribution in [0.15, 0.2) is 0 Å². The zero-order chi connectivity index (χ0) is 64.0. The molecule has 0 aliphatic rings. The molecule has 0 rings (SSSR count). The van der Waals surface area contributed by atoms with Crippen LogP contribution in [-0.4, -0.2) is 96.7 Å². The first-order valence-electron chi connectivity index (χ1n) is 35.8. The Morgan fingerprint density at radius 3 is 0.678 bits per heavy atom. The number of rotatable bonds is 69. The maximum atomic E-state index is 13.0. The maximum Gasteiger partial charge on any atom is 0.472 e. The van der Waals surface area contributed by atoms with Crippen LogP contribution in [0.1, 0.15) is 355 Å². The van der Waals surface area contributed by atoms with Crippen molar-refractivity contribution in [3.63, 3.8) is 0 Å². The van der Waals surface area contributed by atoms with Gasteiger partial charge in [0.25, 0.3) is 0 Å². The number of unbranched alkanes of at least 4 members (excludes halogenated alkanes) is 43. The number of hydrogen-bond donors (Lipinski definition) is 3. The molecule has 0 aromatic heterocycles. The van der Waals surface area contributed by atoms with Crippen LogP contribution in [0.4, 0.5) is 0 Å². The average molecular weight is 1280 g/mol. The van der Waals surface area contributed by atoms with Crippen molar-refractivity contribution in [3.8, 4) is 0 Å². The first-order chi connectivity index (χ1) is 42.2. The molecule has 0 bridgehead atoms. The fourth-order valence-corrected chi connectivity index (χ4v) is 11.9. The van der Waals surface area contributed by atoms with E-state index in [9.17, 15) is 43.2 Å². The van der Waals surface area contributed by atoms with Gasteiger partial charge < -0.3 is 33.8 Å². The lowest BCUT2D eigenvalue weighted by Crippen LogP contribution is -2.30. The van der Waals surface area contributed by atoms with Gasteiger partial charge in [0.15, 0.2) is 12.2 Å². The Labute approximate surface area is 530 Å². The number of phosphoric acid groups is 2. The van der Waals surface area contributed by atoms with Crippen LogP contribution in [0.5, 0.6) is 0 Å². The lowest BCUT2D eigenvalue weighted by atomic mass is 10.0. The first-order valence-corrected chi connectivity index (χ1v) is 38.8. The second-order valence-corrected chi connectivity index (χ2v) is 27.5. The van der Waals surface area contributed by atoms with Gasteiger partial charge in [-0.2, -0.15) is 0 Å². The molecule has 0 saturated heterocycles. The summed E-state index contributed by atoms with van der Waals surface area (Å²) < 4.78 is 68.1. The summed E-state index contributed by atoms with van der Waals surface area (Å²) in [6.45, 7) is 4.91. The number of carbonyl (C=O) groups is 4. The molecule has 0 fully saturated rings. The van der Waals surface area contributed by atoms with Crippen LogP contribution < -0.4 is 0 Å². The maximum absolute atomic E-state index is 13.0. The highest BCUT2D eigenvalue weighted by atomic mass is 31.2. The smallest absolute Gasteiger partial charge is 0.462 e. The molecule has 0 spiro atoms. The lowest BCUT2D eigenvalue weighted by molar-refractivity contribution is -0.161. The minimum absolute atomic E-state index is 0.107. The van der Waals surface area contributed by atoms with Crippen molar-refractivity contribution in [1.29, 1.82) is 0 Å². The van der Waals surface area contributed by atoms with Crippen molar-refractivity contribution in [3.05, 3.63) is 0 Å². The van der Waals surface area contributed by atoms with E-state index in [-0.39, 0.29) is 25.7 Å². The predicted molar refractivity (Wildman–Crippen MR) is 349 cm³/mol. The molecule has 17 nitrogen and oxygen atoms in total. The van der Waals surface area contributed by atoms with Gasteiger partial charge in [0.05, 0.1) is 26.4 Å². The van der Waals surface area contributed by atoms with Crippen LogP contribution in [0, 0.1) is 0 Å². The summed E-state index contributed by atoms with van der Waals surface area (Å²) in [5.41, 5.74) is 0. The summed E-state index contributed by atoms with van der Waals surface area (Å²) in [7, 11) is -9.89. The van der Waals surface area contributed by atoms with Crippen LogP contribution in [0.3, 0.4) is 0 Å². The van der Waals surface area contributed by atoms with Gasteiger partial charge in [0.2, 0.25) is 0 Å². The number of carbonyl (C=O) groups excluding carboxylic acids is 4. The Bertz CT molecular complexity index is 1670. The second-order valence-electron chi connectivity index (χ2n) is 24.6. The summed E-state index contributed by atoms with van der Waals surface area (Å²) in [6, 6.07) is 0. The van der Waals surface area contributed by atoms with Crippen molar-refractivity contribution < 1.29 is 80.2 Å². The summed E-state index contributed by atoms with van der Waals surface area (Å²) in [5, 5.41) is 10.6. The molecule has 87 heavy (non-hydrogen) atoms. The number of aliphatic hydroxyl groups excluding tert-OH is 1. The molecule has 0 aromatic rings. The van der Waals surface area contributed by atoms with Crippen molar-refractivity contribution in [2.45, 2.75) is 373 Å². The number of esters is 4. The normalized spacial score (nSPS) is 14.1. The van der Waals surface area contributed by atoms with Crippen molar-refractivity contribution in [2.75, 3.05) is 39.6 Å². The second kappa shape index (κ2) is 62.8. The highest BCUT2D eigenvalue weighted by Gasteiger charge is 2.30. The molecular formula is C68H132O17P2. The van der Waals surface area contributed by atoms with Crippen molar-refractivity contribution in [1.82, 2.24) is 0 Å². The number of ether oxygens (including phenoxy) is 4. The van der Waals surface area contributed by atoms with E-state index in [2.05, 4.69) is 27.7 Å². The zero-order valence-electron chi connectivity index (χ0n) is 56.0. The van der Waals surface area contributed by atoms with E-state index in [4.69, 9.17) is 37.0 Å². The topological polar surface area (TPSA) is 237 Å². The Kier molecular flexibility index (Phi) is 61.4. The van der Waals surface area contributed by atoms with E-state index in [1.807, 2.05) is 0 Å². The SMILES string of the molecule is CCCCCCCCCCCCCCCCCCCC(=O)O[C@H](COC(=O)CCCCCCCCCCCCC)COP(=O)(O)OC[C@@H](O)COP(=O)(O)OC[C@@H](COC(=O)CCCCCCCCCCC)OC(=O)CCCCCCCCCCCC. The lowest BCUT2D eigenvalue weighted by Gasteiger charge is -2.21. The summed E-state index contributed by atoms with van der Waals surface area (Å²) in [4.78, 5) is 72.3. The molecule has 19 heteroatoms. The molecule has 0 amide bonds. The minimum atomic E-state index is -4.95. The summed E-state index contributed by atoms with van der Waals surface area (Å²) >= 11 is 0. The zero-order valence-corrected chi connectivity index (χ0v) is 57.8. The Morgan fingerprint density at radius 1 is 0.276 bits per heavy atom.